The molecular formula is C82H110FLiN13NaO32S2. The third kappa shape index (κ3) is 46.3. The van der Waals surface area contributed by atoms with Gasteiger partial charge in [0.05, 0.1) is 92.9 Å². The molecule has 0 saturated carbocycles. The fourth-order valence-corrected chi connectivity index (χ4v) is 13.1. The number of amides is 7. The standard InChI is InChI=1S/C19H26N2O6.C18H24N2O6.C15H19NO7S.C14H16N4O4.C14H17NO5.CH3F.CH4O3S.Li.N3.Na.H2O/c1-19(2,3)27-17(23)20-14-10-15(16(22)25-4)21(11-14)18(24)26-12-13-8-6-5-7-9-13;1-18(2,3)26-16(23)19-13-9-14(15(21)22)20(10-13)17(24)25-11-12-7-5-4-6-8-12;1-21-14(17)13-8-12(23-24(2,19)20)9-16(13)15(18)22-10-11-6-4-3-5-7-11;1-21-13(19)12-7-11(16-17-15)8-18(12)14(20)22-9-10-5-3-2-4-6-10;1-19-13(17)12-7-11(16)8-15(12)14(18)20-9-10-5-3-2-4-6-10;1-2;1-5(2,3)4;;1-3-2;;/h5-9,14-15H,10-12H2,1-4H3,(H,20,23);4-8,13-14H,9-11H2,1-3H3,(H,19,23)(H,21,22);3-7,12-13H,8-10H2,1-2H3;2-6,11-12H,7-9H2,1H3;2-6,11-12,16H,7-9H2,1H3;1H3;1H3,(H,2,3,4);;;;1H2/q;;;;;;;+1;-1;+1;/p-1/t14-,15+;13-,14-;12-,13-;2*11-,12+;;;;;;/m10011....../s1/i;;;;;1D;;;;;. The first-order valence-electron chi connectivity index (χ1n) is 39.7. The number of esters is 4. The van der Waals surface area contributed by atoms with E-state index in [0.29, 0.717) is 6.26 Å². The first kappa shape index (κ1) is 118. The van der Waals surface area contributed by atoms with E-state index in [0.717, 1.165) is 43.9 Å². The number of hydrogen-bond acceptors (Lipinski definition) is 31. The van der Waals surface area contributed by atoms with Crippen LogP contribution in [-0.2, 0) is 134 Å². The van der Waals surface area contributed by atoms with Gasteiger partial charge in [0.15, 0.2) is 0 Å². The molecule has 10 atom stereocenters. The summed E-state index contributed by atoms with van der Waals surface area (Å²) in [5.74, 6) is -3.44. The Hall–Kier alpha value is -11.8. The molecule has 0 radical (unpaired) electrons. The Bertz CT molecular complexity index is 4790. The number of rotatable bonds is 20. The van der Waals surface area contributed by atoms with E-state index in [1.54, 1.807) is 65.8 Å². The largest absolute Gasteiger partial charge is 1.00 e. The molecule has 0 unspecified atom stereocenters. The quantitative estimate of drug-likeness (QED) is 0.0108. The number of methoxy groups -OCH3 is 4. The van der Waals surface area contributed by atoms with Gasteiger partial charge in [-0.2, -0.15) is 16.8 Å². The molecule has 132 heavy (non-hydrogen) atoms. The summed E-state index contributed by atoms with van der Waals surface area (Å²) >= 11 is 0. The number of alkyl halides is 1. The Morgan fingerprint density at radius 2 is 0.712 bits per heavy atom. The minimum atomic E-state index is -3.70. The van der Waals surface area contributed by atoms with Crippen LogP contribution in [0.2, 0.25) is 0 Å². The number of nitrogens with zero attached hydrogens (tertiary/aromatic N) is 11. The molecule has 5 saturated heterocycles. The molecule has 0 aliphatic carbocycles. The van der Waals surface area contributed by atoms with Crippen LogP contribution in [0.25, 0.3) is 26.4 Å². The molecule has 7 amide bonds. The van der Waals surface area contributed by atoms with Gasteiger partial charge in [-0.3, -0.25) is 42.5 Å². The average Bonchev–Trinajstić information content (AvgIpc) is 1.68. The number of carbonyl (C=O) groups excluding carboxylic acids is 11. The van der Waals surface area contributed by atoms with Gasteiger partial charge >= 0.3 is 121 Å². The minimum absolute atomic E-state index is 0. The molecular weight excluding hydrogens is 1790 g/mol. The molecule has 5 aliphatic heterocycles. The second-order valence-electron chi connectivity index (χ2n) is 30.1. The third-order valence-corrected chi connectivity index (χ3v) is 18.4. The van der Waals surface area contributed by atoms with Crippen LogP contribution in [0.3, 0.4) is 0 Å². The summed E-state index contributed by atoms with van der Waals surface area (Å²) in [5, 5.41) is 27.8. The maximum absolute atomic E-state index is 12.5. The number of likely N-dealkylation sites (tertiary alicyclic amines) is 5. The van der Waals surface area contributed by atoms with E-state index in [-0.39, 0.29) is 152 Å². The molecule has 5 heterocycles. The number of β-amino-alcohol motifs (C(OH)–C–C–N with tert-alkyl or cyclic N) is 1. The molecule has 0 spiro atoms. The molecule has 50 heteroatoms. The Morgan fingerprint density at radius 1 is 0.462 bits per heavy atom. The van der Waals surface area contributed by atoms with Crippen LogP contribution in [0, 0.1) is 0 Å². The molecule has 5 aromatic carbocycles. The average molecular weight is 1900 g/mol. The predicted molar refractivity (Wildman–Crippen MR) is 456 cm³/mol. The number of alkyl carbamates (subject to hydrolysis) is 2. The van der Waals surface area contributed by atoms with E-state index in [4.69, 9.17) is 64.6 Å². The Balaban J connectivity index is 0.00000159. The van der Waals surface area contributed by atoms with Gasteiger partial charge in [-0.05, 0) is 81.3 Å². The Labute approximate surface area is 798 Å². The van der Waals surface area contributed by atoms with Gasteiger partial charge in [0, 0.05) is 50.2 Å². The van der Waals surface area contributed by atoms with E-state index in [1.807, 2.05) is 127 Å². The van der Waals surface area contributed by atoms with Crippen LogP contribution in [0.15, 0.2) is 157 Å². The molecule has 5 fully saturated rings. The molecule has 45 nitrogen and oxygen atoms in total. The second-order valence-corrected chi connectivity index (χ2v) is 33.2. The van der Waals surface area contributed by atoms with Crippen molar-refractivity contribution in [1.82, 2.24) is 35.1 Å². The topological polar surface area (TPSA) is 622 Å². The number of ether oxygens (including phenoxy) is 11. The van der Waals surface area contributed by atoms with Crippen LogP contribution in [0.5, 0.6) is 0 Å². The van der Waals surface area contributed by atoms with Crippen molar-refractivity contribution in [3.8, 4) is 0 Å². The van der Waals surface area contributed by atoms with Crippen LogP contribution >= 0.6 is 0 Å². The summed E-state index contributed by atoms with van der Waals surface area (Å²) in [5.41, 5.74) is 24.8. The molecule has 5 aromatic rings. The number of nitrogens with one attached hydrogen (secondary N) is 2. The van der Waals surface area contributed by atoms with Gasteiger partial charge < -0.3 is 89.5 Å². The van der Waals surface area contributed by atoms with Crippen molar-refractivity contribution in [1.29, 1.82) is 0 Å². The van der Waals surface area contributed by atoms with Gasteiger partial charge in [-0.15, -0.1) is 0 Å². The molecule has 716 valence electrons. The SMILES string of the molecule is CC(C)(C)OC(=O)N[C@H]1C[C@@H](C(=O)O)N(C(=O)OCc2ccccc2)C1.COC(=O)[C@@H]1C[C@@H](N=[N+]=[N-])CN1C(=O)OCc1ccccc1.COC(=O)[C@@H]1C[C@@H](NC(=O)OC(C)(C)C)CN1C(=O)OCc1ccccc1.COC(=O)[C@@H]1C[C@@H](O)CN1C(=O)OCc1ccccc1.COC(=O)[C@@H]1C[C@H](OS(C)(=O)=O)CN1C(=O)OCc1ccccc1.CS(=O)(=O)O.[2H]CF.[Li+].[N-]=[N+]=[N-].[Na+].[OH-]. The van der Waals surface area contributed by atoms with Crippen LogP contribution < -0.4 is 59.1 Å². The number of carboxylic acids is 1. The van der Waals surface area contributed by atoms with Crippen molar-refractivity contribution in [2.24, 2.45) is 5.11 Å². The molecule has 0 bridgehead atoms. The minimum Gasteiger partial charge on any atom is -0.870 e. The summed E-state index contributed by atoms with van der Waals surface area (Å²) in [6.45, 7) is 11.2. The van der Waals surface area contributed by atoms with Crippen LogP contribution in [0.1, 0.15) is 103 Å². The number of aliphatic hydroxyl groups excluding tert-OH is 1. The molecule has 0 aromatic heterocycles. The summed E-state index contributed by atoms with van der Waals surface area (Å²) in [6.07, 6.45) is -3.75. The first-order valence-corrected chi connectivity index (χ1v) is 42.7. The van der Waals surface area contributed by atoms with Crippen molar-refractivity contribution in [3.63, 3.8) is 0 Å². The van der Waals surface area contributed by atoms with Crippen molar-refractivity contribution in [2.75, 3.05) is 80.8 Å². The fraction of sp³-hybridized carbons (Fsp3) is 0.488. The zero-order valence-corrected chi connectivity index (χ0v) is 79.0. The zero-order valence-electron chi connectivity index (χ0n) is 76.4. The van der Waals surface area contributed by atoms with Gasteiger partial charge in [-0.1, -0.05) is 157 Å². The first-order chi connectivity index (χ1) is 61.2. The zero-order chi connectivity index (χ0) is 97.5. The maximum Gasteiger partial charge on any atom is 1.00 e. The number of aliphatic carboxylic acids is 1. The number of carbonyl (C=O) groups is 12. The van der Waals surface area contributed by atoms with Crippen LogP contribution in [-0.4, -0.2) is 287 Å². The second kappa shape index (κ2) is 61.0. The predicted octanol–water partition coefficient (Wildman–Crippen LogP) is 3.72. The number of aliphatic hydroxyl groups is 1. The van der Waals surface area contributed by atoms with E-state index in [1.165, 1.54) is 48.1 Å². The van der Waals surface area contributed by atoms with E-state index in [2.05, 4.69) is 34.9 Å². The van der Waals surface area contributed by atoms with Crippen molar-refractivity contribution < 1.29 is 205 Å². The number of carboxylic acid groups (broad SMARTS) is 1. The number of benzene rings is 5. The fourth-order valence-electron chi connectivity index (χ4n) is 12.4. The third-order valence-electron chi connectivity index (χ3n) is 17.8. The summed E-state index contributed by atoms with van der Waals surface area (Å²) in [4.78, 5) is 154. The normalized spacial score (nSPS) is 18.9. The number of hydrogen-bond donors (Lipinski definition) is 5. The Kier molecular flexibility index (Phi) is 54.7. The number of halogens is 1. The van der Waals surface area contributed by atoms with Crippen molar-refractivity contribution in [2.45, 2.75) is 178 Å². The van der Waals surface area contributed by atoms with Crippen molar-refractivity contribution in [3.05, 3.63) is 206 Å². The van der Waals surface area contributed by atoms with Crippen molar-refractivity contribution >= 4 is 92.7 Å². The van der Waals surface area contributed by atoms with Gasteiger partial charge in [0.25, 0.3) is 20.2 Å². The number of azide groups is 1. The monoisotopic (exact) mass is 1900 g/mol. The maximum atomic E-state index is 12.5. The van der Waals surface area contributed by atoms with E-state index < -0.39 is 172 Å². The summed E-state index contributed by atoms with van der Waals surface area (Å²) in [6, 6.07) is 40.0. The van der Waals surface area contributed by atoms with Gasteiger partial charge in [0.2, 0.25) is 0 Å². The van der Waals surface area contributed by atoms with Gasteiger partial charge in [0.1, 0.15) is 74.4 Å². The molecule has 6 N–H and O–H groups in total. The molecule has 10 rings (SSSR count). The van der Waals surface area contributed by atoms with Gasteiger partial charge in [-0.25, -0.2) is 57.5 Å². The molecule has 5 aliphatic rings. The summed E-state index contributed by atoms with van der Waals surface area (Å²) in [7, 11) is -3.42. The summed E-state index contributed by atoms with van der Waals surface area (Å²) < 4.78 is 124. The Morgan fingerprint density at radius 3 is 0.985 bits per heavy atom. The van der Waals surface area contributed by atoms with E-state index in [9.17, 15) is 89.0 Å². The smallest absolute Gasteiger partial charge is 0.870 e. The van der Waals surface area contributed by atoms with E-state index >= 15 is 0 Å². The van der Waals surface area contributed by atoms with Crippen LogP contribution in [0.4, 0.5) is 38.0 Å².